The van der Waals surface area contributed by atoms with Crippen LogP contribution in [0.4, 0.5) is 0 Å². The van der Waals surface area contributed by atoms with Crippen molar-refractivity contribution >= 4 is 18.3 Å². The molecule has 1 rings (SSSR count). The maximum atomic E-state index is 12.5. The molecule has 1 unspecified atom stereocenters. The average molecular weight is 323 g/mol. The minimum absolute atomic E-state index is 0. The zero-order valence-electron chi connectivity index (χ0n) is 13.6. The van der Waals surface area contributed by atoms with Gasteiger partial charge in [0.15, 0.2) is 0 Å². The number of hydrogen-bond acceptors (Lipinski definition) is 4. The maximum absolute atomic E-state index is 12.5. The van der Waals surface area contributed by atoms with Crippen molar-refractivity contribution in [2.75, 3.05) is 39.5 Å². The van der Waals surface area contributed by atoms with Gasteiger partial charge in [-0.2, -0.15) is 0 Å². The van der Waals surface area contributed by atoms with E-state index in [1.165, 1.54) is 0 Å². The number of rotatable bonds is 9. The first-order valence-corrected chi connectivity index (χ1v) is 7.91. The van der Waals surface area contributed by atoms with E-state index in [0.717, 1.165) is 38.9 Å². The second-order valence-electron chi connectivity index (χ2n) is 5.22. The molecule has 6 heteroatoms. The Morgan fingerprint density at radius 2 is 1.95 bits per heavy atom. The van der Waals surface area contributed by atoms with E-state index in [2.05, 4.69) is 12.2 Å². The number of carbonyl (C=O) groups is 1. The monoisotopic (exact) mass is 322 g/mol. The van der Waals surface area contributed by atoms with Crippen LogP contribution in [-0.2, 0) is 14.3 Å². The predicted octanol–water partition coefficient (Wildman–Crippen LogP) is 1.84. The fourth-order valence-electron chi connectivity index (χ4n) is 2.56. The molecule has 0 spiro atoms. The number of nitrogens with zero attached hydrogens (tertiary/aromatic N) is 1. The molecule has 0 aromatic carbocycles. The molecule has 21 heavy (non-hydrogen) atoms. The molecule has 0 aliphatic carbocycles. The fraction of sp³-hybridized carbons (Fsp3) is 0.933. The van der Waals surface area contributed by atoms with Crippen molar-refractivity contribution in [3.8, 4) is 0 Å². The van der Waals surface area contributed by atoms with E-state index in [1.54, 1.807) is 0 Å². The number of ether oxygens (including phenoxy) is 2. The summed E-state index contributed by atoms with van der Waals surface area (Å²) in [7, 11) is 0. The Morgan fingerprint density at radius 3 is 2.52 bits per heavy atom. The lowest BCUT2D eigenvalue weighted by molar-refractivity contribution is -0.146. The van der Waals surface area contributed by atoms with Gasteiger partial charge in [-0.05, 0) is 46.2 Å². The first-order chi connectivity index (χ1) is 9.70. The van der Waals surface area contributed by atoms with Crippen LogP contribution in [0.1, 0.15) is 40.0 Å². The Morgan fingerprint density at radius 1 is 1.29 bits per heavy atom. The van der Waals surface area contributed by atoms with Crippen molar-refractivity contribution < 1.29 is 14.3 Å². The molecular weight excluding hydrogens is 292 g/mol. The summed E-state index contributed by atoms with van der Waals surface area (Å²) in [6, 6.07) is 0.363. The predicted molar refractivity (Wildman–Crippen MR) is 87.1 cm³/mol. The molecule has 0 aromatic rings. The van der Waals surface area contributed by atoms with Gasteiger partial charge in [0.2, 0.25) is 0 Å². The van der Waals surface area contributed by atoms with E-state index in [1.807, 2.05) is 18.7 Å². The number of carbonyl (C=O) groups excluding carboxylic acids is 1. The van der Waals surface area contributed by atoms with Gasteiger partial charge in [0.05, 0.1) is 13.2 Å². The summed E-state index contributed by atoms with van der Waals surface area (Å²) in [4.78, 5) is 14.6. The third-order valence-electron chi connectivity index (χ3n) is 3.64. The Bertz CT molecular complexity index is 274. The molecule has 1 heterocycles. The molecule has 1 N–H and O–H groups in total. The molecule has 5 nitrogen and oxygen atoms in total. The van der Waals surface area contributed by atoms with E-state index in [9.17, 15) is 4.79 Å². The molecule has 1 saturated heterocycles. The minimum Gasteiger partial charge on any atom is -0.379 e. The largest absolute Gasteiger partial charge is 0.379 e. The summed E-state index contributed by atoms with van der Waals surface area (Å²) in [5, 5.41) is 3.34. The maximum Gasteiger partial charge on any atom is 0.251 e. The molecule has 0 aromatic heterocycles. The van der Waals surface area contributed by atoms with Crippen LogP contribution >= 0.6 is 12.4 Å². The van der Waals surface area contributed by atoms with Gasteiger partial charge in [-0.3, -0.25) is 4.79 Å². The van der Waals surface area contributed by atoms with Crippen LogP contribution in [0, 0.1) is 0 Å². The average Bonchev–Trinajstić information content (AvgIpc) is 2.49. The van der Waals surface area contributed by atoms with Gasteiger partial charge in [0.25, 0.3) is 5.91 Å². The zero-order valence-corrected chi connectivity index (χ0v) is 14.4. The van der Waals surface area contributed by atoms with Crippen LogP contribution in [0.5, 0.6) is 0 Å². The highest BCUT2D eigenvalue weighted by atomic mass is 35.5. The highest BCUT2D eigenvalue weighted by Crippen LogP contribution is 2.14. The highest BCUT2D eigenvalue weighted by molar-refractivity contribution is 5.85. The van der Waals surface area contributed by atoms with Crippen molar-refractivity contribution in [1.82, 2.24) is 10.2 Å². The third kappa shape index (κ3) is 7.45. The zero-order chi connectivity index (χ0) is 14.8. The quantitative estimate of drug-likeness (QED) is 0.658. The first-order valence-electron chi connectivity index (χ1n) is 7.91. The molecule has 0 saturated carbocycles. The first kappa shape index (κ1) is 20.6. The normalized spacial score (nSPS) is 17.1. The number of halogens is 1. The van der Waals surface area contributed by atoms with Gasteiger partial charge < -0.3 is 19.7 Å². The summed E-state index contributed by atoms with van der Waals surface area (Å²) >= 11 is 0. The third-order valence-corrected chi connectivity index (χ3v) is 3.64. The van der Waals surface area contributed by atoms with E-state index < -0.39 is 0 Å². The van der Waals surface area contributed by atoms with Crippen LogP contribution in [-0.4, -0.2) is 62.4 Å². The van der Waals surface area contributed by atoms with Crippen LogP contribution in [0.2, 0.25) is 0 Å². The van der Waals surface area contributed by atoms with Crippen molar-refractivity contribution in [2.45, 2.75) is 52.2 Å². The second kappa shape index (κ2) is 12.2. The molecule has 0 bridgehead atoms. The summed E-state index contributed by atoms with van der Waals surface area (Å²) in [5.74, 6) is 0.121. The smallest absolute Gasteiger partial charge is 0.251 e. The summed E-state index contributed by atoms with van der Waals surface area (Å²) < 4.78 is 10.8. The summed E-state index contributed by atoms with van der Waals surface area (Å²) in [6.45, 7) is 10.4. The molecule has 0 radical (unpaired) electrons. The van der Waals surface area contributed by atoms with Crippen LogP contribution in [0.3, 0.4) is 0 Å². The van der Waals surface area contributed by atoms with Crippen LogP contribution in [0.15, 0.2) is 0 Å². The highest BCUT2D eigenvalue weighted by Gasteiger charge is 2.28. The van der Waals surface area contributed by atoms with E-state index >= 15 is 0 Å². The Balaban J connectivity index is 0.00000400. The van der Waals surface area contributed by atoms with E-state index in [0.29, 0.717) is 25.9 Å². The molecule has 1 aliphatic heterocycles. The van der Waals surface area contributed by atoms with Gasteiger partial charge >= 0.3 is 0 Å². The molecule has 1 atom stereocenters. The van der Waals surface area contributed by atoms with Gasteiger partial charge in [-0.15, -0.1) is 12.4 Å². The van der Waals surface area contributed by atoms with E-state index in [4.69, 9.17) is 9.47 Å². The number of nitrogens with one attached hydrogen (secondary N) is 1. The van der Waals surface area contributed by atoms with Crippen LogP contribution < -0.4 is 5.32 Å². The van der Waals surface area contributed by atoms with Crippen molar-refractivity contribution in [3.05, 3.63) is 0 Å². The Kier molecular flexibility index (Phi) is 12.0. The summed E-state index contributed by atoms with van der Waals surface area (Å²) in [6.07, 6.45) is 2.69. The Hall–Kier alpha value is -0.360. The molecular formula is C15H31ClN2O3. The standard InChI is InChI=1S/C15H30N2O3.ClH/c1-4-10-17(14-6-8-16-9-7-14)15(18)13(3)20-12-11-19-5-2;/h13-14,16H,4-12H2,1-3H3;1H. The van der Waals surface area contributed by atoms with Gasteiger partial charge in [-0.1, -0.05) is 6.92 Å². The van der Waals surface area contributed by atoms with Crippen molar-refractivity contribution in [2.24, 2.45) is 0 Å². The van der Waals surface area contributed by atoms with E-state index in [-0.39, 0.29) is 24.4 Å². The van der Waals surface area contributed by atoms with Crippen molar-refractivity contribution in [1.29, 1.82) is 0 Å². The van der Waals surface area contributed by atoms with Gasteiger partial charge in [-0.25, -0.2) is 0 Å². The molecule has 1 aliphatic rings. The second-order valence-corrected chi connectivity index (χ2v) is 5.22. The topological polar surface area (TPSA) is 50.8 Å². The van der Waals surface area contributed by atoms with Gasteiger partial charge in [0.1, 0.15) is 6.10 Å². The van der Waals surface area contributed by atoms with Gasteiger partial charge in [0, 0.05) is 19.2 Å². The number of amides is 1. The molecule has 1 amide bonds. The lowest BCUT2D eigenvalue weighted by atomic mass is 10.0. The fourth-order valence-corrected chi connectivity index (χ4v) is 2.56. The SMILES string of the molecule is CCCN(C(=O)C(C)OCCOCC)C1CCNCC1.Cl. The lowest BCUT2D eigenvalue weighted by Crippen LogP contribution is -2.49. The number of hydrogen-bond donors (Lipinski definition) is 1. The van der Waals surface area contributed by atoms with Crippen LogP contribution in [0.25, 0.3) is 0 Å². The van der Waals surface area contributed by atoms with Crippen molar-refractivity contribution in [3.63, 3.8) is 0 Å². The lowest BCUT2D eigenvalue weighted by Gasteiger charge is -2.36. The number of piperidine rings is 1. The Labute approximate surface area is 135 Å². The molecule has 126 valence electrons. The molecule has 1 fully saturated rings. The summed E-state index contributed by atoms with van der Waals surface area (Å²) in [5.41, 5.74) is 0. The minimum atomic E-state index is -0.378.